The van der Waals surface area contributed by atoms with Crippen molar-refractivity contribution in [2.45, 2.75) is 118 Å². The Balaban J connectivity index is 1.94. The molecule has 5 atom stereocenters. The summed E-state index contributed by atoms with van der Waals surface area (Å²) in [6, 6.07) is 3.78. The van der Waals surface area contributed by atoms with Crippen molar-refractivity contribution in [2.24, 2.45) is 16.2 Å². The van der Waals surface area contributed by atoms with Crippen LogP contribution >= 0.6 is 0 Å². The Kier molecular flexibility index (Phi) is 11.2. The van der Waals surface area contributed by atoms with Gasteiger partial charge >= 0.3 is 5.97 Å². The number of hydrogen-bond acceptors (Lipinski definition) is 8. The van der Waals surface area contributed by atoms with E-state index in [2.05, 4.69) is 50.2 Å². The molecule has 0 aromatic carbocycles. The van der Waals surface area contributed by atoms with Gasteiger partial charge < -0.3 is 29.6 Å². The number of hydrogen-bond donors (Lipinski definition) is 2. The lowest BCUT2D eigenvalue weighted by atomic mass is 9.64. The topological polar surface area (TPSA) is 90.9 Å². The number of cyclic esters (lactones) is 1. The second-order valence-corrected chi connectivity index (χ2v) is 13.5. The number of rotatable bonds is 5. The Morgan fingerprint density at radius 1 is 1.03 bits per heavy atom. The Morgan fingerprint density at radius 3 is 2.41 bits per heavy atom. The normalized spacial score (nSPS) is 32.3. The summed E-state index contributed by atoms with van der Waals surface area (Å²) in [5.74, 6) is 0.587. The molecule has 3 rings (SSSR count). The van der Waals surface area contributed by atoms with E-state index in [1.807, 2.05) is 33.0 Å². The Morgan fingerprint density at radius 2 is 1.72 bits per heavy atom. The minimum absolute atomic E-state index is 0.00819. The molecule has 2 aliphatic rings. The van der Waals surface area contributed by atoms with Gasteiger partial charge in [0.2, 0.25) is 0 Å². The van der Waals surface area contributed by atoms with Crippen LogP contribution in [-0.4, -0.2) is 68.3 Å². The van der Waals surface area contributed by atoms with Crippen LogP contribution in [0.5, 0.6) is 5.75 Å². The van der Waals surface area contributed by atoms with E-state index in [0.717, 1.165) is 50.9 Å². The summed E-state index contributed by atoms with van der Waals surface area (Å²) < 4.78 is 25.8. The fourth-order valence-electron chi connectivity index (χ4n) is 6.65. The average molecular weight is 548 g/mol. The molecule has 2 N–H and O–H groups in total. The lowest BCUT2D eigenvalue weighted by Crippen LogP contribution is -2.59. The molecular formula is C31H53N3O5. The molecule has 39 heavy (non-hydrogen) atoms. The van der Waals surface area contributed by atoms with Gasteiger partial charge in [-0.25, -0.2) is 0 Å². The lowest BCUT2D eigenvalue weighted by Gasteiger charge is -2.50. The second-order valence-electron chi connectivity index (χ2n) is 13.5. The third kappa shape index (κ3) is 8.87. The first-order valence-electron chi connectivity index (χ1n) is 14.8. The quantitative estimate of drug-likeness (QED) is 0.492. The summed E-state index contributed by atoms with van der Waals surface area (Å²) >= 11 is 0. The summed E-state index contributed by atoms with van der Waals surface area (Å²) in [6.45, 7) is 17.4. The largest absolute Gasteiger partial charge is 0.483 e. The zero-order valence-electron chi connectivity index (χ0n) is 25.5. The highest BCUT2D eigenvalue weighted by molar-refractivity contribution is 5.76. The third-order valence-electron chi connectivity index (χ3n) is 8.21. The van der Waals surface area contributed by atoms with Crippen molar-refractivity contribution < 1.29 is 23.7 Å². The van der Waals surface area contributed by atoms with E-state index >= 15 is 0 Å². The number of esters is 1. The molecule has 8 heteroatoms. The average Bonchev–Trinajstić information content (AvgIpc) is 2.86. The van der Waals surface area contributed by atoms with Gasteiger partial charge in [0.05, 0.1) is 30.3 Å². The van der Waals surface area contributed by atoms with Gasteiger partial charge in [0, 0.05) is 12.4 Å². The summed E-state index contributed by atoms with van der Waals surface area (Å²) in [7, 11) is 1.96. The maximum Gasteiger partial charge on any atom is 0.311 e. The molecule has 2 aliphatic heterocycles. The molecule has 0 saturated carbocycles. The van der Waals surface area contributed by atoms with E-state index in [1.165, 1.54) is 0 Å². The molecule has 0 aliphatic carbocycles. The monoisotopic (exact) mass is 547 g/mol. The van der Waals surface area contributed by atoms with E-state index in [9.17, 15) is 4.79 Å². The predicted octanol–water partition coefficient (Wildman–Crippen LogP) is 5.11. The van der Waals surface area contributed by atoms with Crippen molar-refractivity contribution in [3.8, 4) is 5.75 Å². The molecule has 8 nitrogen and oxygen atoms in total. The number of likely N-dealkylation sites (N-methyl/N-ethyl adjacent to an activating group) is 1. The van der Waals surface area contributed by atoms with E-state index in [4.69, 9.17) is 18.9 Å². The van der Waals surface area contributed by atoms with Crippen molar-refractivity contribution in [3.63, 3.8) is 0 Å². The number of aromatic nitrogens is 1. The molecule has 0 bridgehead atoms. The van der Waals surface area contributed by atoms with E-state index in [0.29, 0.717) is 13.0 Å². The van der Waals surface area contributed by atoms with Gasteiger partial charge in [0.1, 0.15) is 5.75 Å². The number of nitrogens with one attached hydrogen (secondary N) is 2. The zero-order chi connectivity index (χ0) is 28.7. The first-order valence-corrected chi connectivity index (χ1v) is 14.8. The third-order valence-corrected chi connectivity index (χ3v) is 8.21. The maximum absolute atomic E-state index is 13.2. The summed E-state index contributed by atoms with van der Waals surface area (Å²) in [6.07, 6.45) is 7.65. The SMILES string of the molecule is CN[C@H]1C[C@@H](C)O[C@@H](OC2C(C)(C)CCCNCCCCOC(=O)C(C)(C)CC2(C)C)[C@@H]1Oc1ccncc1. The highest BCUT2D eigenvalue weighted by Crippen LogP contribution is 2.47. The first kappa shape index (κ1) is 31.8. The number of carbonyl (C=O) groups excluding carboxylic acids is 1. The molecule has 1 aromatic heterocycles. The second kappa shape index (κ2) is 13.7. The molecule has 0 spiro atoms. The van der Waals surface area contributed by atoms with Gasteiger partial charge in [-0.1, -0.05) is 27.7 Å². The Hall–Kier alpha value is -1.74. The lowest BCUT2D eigenvalue weighted by molar-refractivity contribution is -0.285. The van der Waals surface area contributed by atoms with Crippen LogP contribution < -0.4 is 15.4 Å². The minimum Gasteiger partial charge on any atom is -0.483 e. The van der Waals surface area contributed by atoms with Crippen LogP contribution in [0.4, 0.5) is 0 Å². The van der Waals surface area contributed by atoms with Gasteiger partial charge in [0.25, 0.3) is 0 Å². The highest BCUT2D eigenvalue weighted by atomic mass is 16.7. The predicted molar refractivity (Wildman–Crippen MR) is 154 cm³/mol. The van der Waals surface area contributed by atoms with Gasteiger partial charge in [-0.2, -0.15) is 0 Å². The van der Waals surface area contributed by atoms with Crippen LogP contribution in [-0.2, 0) is 19.0 Å². The van der Waals surface area contributed by atoms with Crippen LogP contribution in [0.15, 0.2) is 24.5 Å². The van der Waals surface area contributed by atoms with Crippen LogP contribution in [0.3, 0.4) is 0 Å². The summed E-state index contributed by atoms with van der Waals surface area (Å²) in [5, 5.41) is 6.99. The Labute approximate surface area is 236 Å². The van der Waals surface area contributed by atoms with E-state index in [1.54, 1.807) is 12.4 Å². The van der Waals surface area contributed by atoms with Crippen molar-refractivity contribution in [1.82, 2.24) is 15.6 Å². The van der Waals surface area contributed by atoms with Gasteiger partial charge in [-0.05, 0) is 102 Å². The number of pyridine rings is 1. The zero-order valence-corrected chi connectivity index (χ0v) is 25.5. The van der Waals surface area contributed by atoms with Crippen LogP contribution in [0.25, 0.3) is 0 Å². The standard InChI is InChI=1S/C31H53N3O5/c1-22-20-24(32-8)25(38-23-12-17-34-18-13-23)26(37-22)39-27-29(2,3)14-11-16-33-15-9-10-19-36-28(35)31(6,7)21-30(27,4)5/h12-13,17-18,22,24-27,32-33H,9-11,14-16,19-21H2,1-8H3/t22-,24+,25-,26+,27?/m1/s1. The minimum atomic E-state index is -0.652. The van der Waals surface area contributed by atoms with Crippen molar-refractivity contribution in [2.75, 3.05) is 26.7 Å². The van der Waals surface area contributed by atoms with Crippen molar-refractivity contribution in [3.05, 3.63) is 24.5 Å². The van der Waals surface area contributed by atoms with Gasteiger partial charge in [-0.15, -0.1) is 0 Å². The molecule has 1 unspecified atom stereocenters. The van der Waals surface area contributed by atoms with E-state index in [-0.39, 0.29) is 41.2 Å². The first-order chi connectivity index (χ1) is 18.4. The smallest absolute Gasteiger partial charge is 0.311 e. The van der Waals surface area contributed by atoms with Crippen molar-refractivity contribution >= 4 is 5.97 Å². The molecular weight excluding hydrogens is 494 g/mol. The summed E-state index contributed by atoms with van der Waals surface area (Å²) in [5.41, 5.74) is -1.20. The fourth-order valence-corrected chi connectivity index (χ4v) is 6.65. The molecule has 3 heterocycles. The highest BCUT2D eigenvalue weighted by Gasteiger charge is 2.50. The number of nitrogens with zero attached hydrogens (tertiary/aromatic N) is 1. The maximum atomic E-state index is 13.2. The molecule has 2 fully saturated rings. The number of ether oxygens (including phenoxy) is 4. The molecule has 222 valence electrons. The molecule has 0 amide bonds. The van der Waals surface area contributed by atoms with Gasteiger partial charge in [0.15, 0.2) is 12.4 Å². The van der Waals surface area contributed by atoms with Crippen molar-refractivity contribution in [1.29, 1.82) is 0 Å². The summed E-state index contributed by atoms with van der Waals surface area (Å²) in [4.78, 5) is 17.3. The molecule has 0 radical (unpaired) electrons. The Bertz CT molecular complexity index is 891. The molecule has 2 saturated heterocycles. The van der Waals surface area contributed by atoms with Crippen LogP contribution in [0, 0.1) is 16.2 Å². The number of carbonyl (C=O) groups is 1. The van der Waals surface area contributed by atoms with Gasteiger partial charge in [-0.3, -0.25) is 9.78 Å². The van der Waals surface area contributed by atoms with Crippen LogP contribution in [0.1, 0.15) is 87.0 Å². The fraction of sp³-hybridized carbons (Fsp3) is 0.806. The van der Waals surface area contributed by atoms with Crippen LogP contribution in [0.2, 0.25) is 0 Å². The molecule has 1 aromatic rings. The van der Waals surface area contributed by atoms with E-state index < -0.39 is 11.7 Å².